The number of hydrogen-bond acceptors (Lipinski definition) is 3. The van der Waals surface area contributed by atoms with Gasteiger partial charge in [-0.1, -0.05) is 19.1 Å². The number of ketones is 1. The molecule has 0 aromatic heterocycles. The summed E-state index contributed by atoms with van der Waals surface area (Å²) in [7, 11) is 0. The normalized spacial score (nSPS) is 18.6. The van der Waals surface area contributed by atoms with Crippen LogP contribution in [0.4, 0.5) is 4.39 Å². The molecule has 1 unspecified atom stereocenters. The van der Waals surface area contributed by atoms with Crippen molar-refractivity contribution in [3.05, 3.63) is 35.6 Å². The van der Waals surface area contributed by atoms with Gasteiger partial charge < -0.3 is 9.64 Å². The largest absolute Gasteiger partial charge is 0.377 e. The van der Waals surface area contributed by atoms with Crippen molar-refractivity contribution in [2.75, 3.05) is 26.2 Å². The molecule has 4 heteroatoms. The van der Waals surface area contributed by atoms with Crippen LogP contribution in [0.3, 0.4) is 0 Å². The highest BCUT2D eigenvalue weighted by Crippen LogP contribution is 2.14. The van der Waals surface area contributed by atoms with Gasteiger partial charge in [0.2, 0.25) is 0 Å². The highest BCUT2D eigenvalue weighted by molar-refractivity contribution is 5.96. The molecule has 2 rings (SSSR count). The number of carbonyl (C=O) groups excluding carboxylic acids is 1. The van der Waals surface area contributed by atoms with Crippen molar-refractivity contribution in [1.29, 1.82) is 0 Å². The van der Waals surface area contributed by atoms with Crippen molar-refractivity contribution in [2.24, 2.45) is 0 Å². The second-order valence-corrected chi connectivity index (χ2v) is 5.21. The summed E-state index contributed by atoms with van der Waals surface area (Å²) in [5.74, 6) is -0.363. The first-order chi connectivity index (χ1) is 9.69. The highest BCUT2D eigenvalue weighted by atomic mass is 19.1. The van der Waals surface area contributed by atoms with Crippen molar-refractivity contribution in [1.82, 2.24) is 4.90 Å². The lowest BCUT2D eigenvalue weighted by atomic mass is 10.1. The van der Waals surface area contributed by atoms with Crippen LogP contribution in [0.5, 0.6) is 0 Å². The quantitative estimate of drug-likeness (QED) is 0.719. The molecule has 110 valence electrons. The van der Waals surface area contributed by atoms with Gasteiger partial charge in [0.25, 0.3) is 0 Å². The third-order valence-corrected chi connectivity index (χ3v) is 3.73. The minimum atomic E-state index is -0.359. The lowest BCUT2D eigenvalue weighted by molar-refractivity contribution is 0.0719. The summed E-state index contributed by atoms with van der Waals surface area (Å²) in [6, 6.07) is 5.90. The second kappa shape index (κ2) is 7.50. The predicted octanol–water partition coefficient (Wildman–Crippen LogP) is 2.90. The zero-order valence-corrected chi connectivity index (χ0v) is 12.0. The Morgan fingerprint density at radius 1 is 1.50 bits per heavy atom. The summed E-state index contributed by atoms with van der Waals surface area (Å²) in [6.07, 6.45) is 2.96. The molecule has 0 bridgehead atoms. The number of carbonyl (C=O) groups is 1. The van der Waals surface area contributed by atoms with E-state index in [1.54, 1.807) is 12.1 Å². The molecular weight excluding hydrogens is 257 g/mol. The van der Waals surface area contributed by atoms with E-state index in [4.69, 9.17) is 4.74 Å². The number of nitrogens with zero attached hydrogens (tertiary/aromatic N) is 1. The van der Waals surface area contributed by atoms with E-state index in [-0.39, 0.29) is 11.6 Å². The first kappa shape index (κ1) is 15.1. The lowest BCUT2D eigenvalue weighted by Gasteiger charge is -2.23. The molecule has 0 spiro atoms. The van der Waals surface area contributed by atoms with Gasteiger partial charge in [0.05, 0.1) is 6.10 Å². The van der Waals surface area contributed by atoms with Gasteiger partial charge in [-0.25, -0.2) is 4.39 Å². The number of Topliss-reactive ketones (excluding diaryl/α,β-unsaturated/α-hetero) is 1. The van der Waals surface area contributed by atoms with E-state index >= 15 is 0 Å². The average molecular weight is 279 g/mol. The molecule has 1 aliphatic heterocycles. The van der Waals surface area contributed by atoms with Gasteiger partial charge in [-0.15, -0.1) is 0 Å². The first-order valence-corrected chi connectivity index (χ1v) is 7.31. The molecule has 1 aromatic carbocycles. The number of hydrogen-bond donors (Lipinski definition) is 0. The number of ether oxygens (including phenoxy) is 1. The number of rotatable bonds is 7. The van der Waals surface area contributed by atoms with E-state index in [1.165, 1.54) is 12.1 Å². The zero-order chi connectivity index (χ0) is 14.4. The van der Waals surface area contributed by atoms with Gasteiger partial charge in [0, 0.05) is 31.7 Å². The number of halogens is 1. The molecule has 1 fully saturated rings. The highest BCUT2D eigenvalue weighted by Gasteiger charge is 2.19. The Morgan fingerprint density at radius 2 is 2.35 bits per heavy atom. The molecule has 1 saturated heterocycles. The van der Waals surface area contributed by atoms with Crippen molar-refractivity contribution in [2.45, 2.75) is 32.3 Å². The van der Waals surface area contributed by atoms with Crippen molar-refractivity contribution < 1.29 is 13.9 Å². The van der Waals surface area contributed by atoms with Gasteiger partial charge in [-0.05, 0) is 31.5 Å². The van der Waals surface area contributed by atoms with E-state index < -0.39 is 0 Å². The van der Waals surface area contributed by atoms with Gasteiger partial charge in [0.1, 0.15) is 5.82 Å². The first-order valence-electron chi connectivity index (χ1n) is 7.31. The molecule has 3 nitrogen and oxygen atoms in total. The Hall–Kier alpha value is -1.26. The van der Waals surface area contributed by atoms with Crippen LogP contribution in [0.25, 0.3) is 0 Å². The van der Waals surface area contributed by atoms with Crippen LogP contribution in [0.1, 0.15) is 36.5 Å². The Bertz CT molecular complexity index is 444. The molecule has 0 saturated carbocycles. The SMILES string of the molecule is CCN(CCC(=O)c1cccc(F)c1)CC1CCCO1. The summed E-state index contributed by atoms with van der Waals surface area (Å²) < 4.78 is 18.7. The Morgan fingerprint density at radius 3 is 3.00 bits per heavy atom. The summed E-state index contributed by atoms with van der Waals surface area (Å²) in [5, 5.41) is 0. The maximum absolute atomic E-state index is 13.1. The third-order valence-electron chi connectivity index (χ3n) is 3.73. The van der Waals surface area contributed by atoms with E-state index in [9.17, 15) is 9.18 Å². The fourth-order valence-corrected chi connectivity index (χ4v) is 2.52. The monoisotopic (exact) mass is 279 g/mol. The molecule has 1 aliphatic rings. The molecule has 1 aromatic rings. The summed E-state index contributed by atoms with van der Waals surface area (Å²) >= 11 is 0. The standard InChI is InChI=1S/C16H22FNO2/c1-2-18(12-15-7-4-10-20-15)9-8-16(19)13-5-3-6-14(17)11-13/h3,5-6,11,15H,2,4,7-10,12H2,1H3. The van der Waals surface area contributed by atoms with Crippen molar-refractivity contribution in [3.8, 4) is 0 Å². The van der Waals surface area contributed by atoms with Crippen LogP contribution in [-0.2, 0) is 4.74 Å². The Labute approximate surface area is 119 Å². The second-order valence-electron chi connectivity index (χ2n) is 5.21. The molecule has 0 radical (unpaired) electrons. The molecule has 1 heterocycles. The molecule has 1 atom stereocenters. The molecule has 0 amide bonds. The molecule has 20 heavy (non-hydrogen) atoms. The third kappa shape index (κ3) is 4.39. The minimum absolute atomic E-state index is 0.00436. The van der Waals surface area contributed by atoms with Crippen LogP contribution in [0, 0.1) is 5.82 Å². The van der Waals surface area contributed by atoms with Crippen LogP contribution >= 0.6 is 0 Å². The predicted molar refractivity (Wildman–Crippen MR) is 76.4 cm³/mol. The van der Waals surface area contributed by atoms with Crippen LogP contribution in [0.2, 0.25) is 0 Å². The summed E-state index contributed by atoms with van der Waals surface area (Å²) in [4.78, 5) is 14.3. The van der Waals surface area contributed by atoms with E-state index in [2.05, 4.69) is 11.8 Å². The van der Waals surface area contributed by atoms with Crippen LogP contribution in [-0.4, -0.2) is 43.0 Å². The summed E-state index contributed by atoms with van der Waals surface area (Å²) in [6.45, 7) is 5.42. The number of benzene rings is 1. The van der Waals surface area contributed by atoms with Gasteiger partial charge in [0.15, 0.2) is 5.78 Å². The smallest absolute Gasteiger partial charge is 0.164 e. The van der Waals surface area contributed by atoms with Gasteiger partial charge >= 0.3 is 0 Å². The van der Waals surface area contributed by atoms with Crippen molar-refractivity contribution >= 4 is 5.78 Å². The fourth-order valence-electron chi connectivity index (χ4n) is 2.52. The van der Waals surface area contributed by atoms with E-state index in [0.717, 1.165) is 32.5 Å². The molecule has 0 N–H and O–H groups in total. The van der Waals surface area contributed by atoms with Gasteiger partial charge in [-0.2, -0.15) is 0 Å². The minimum Gasteiger partial charge on any atom is -0.377 e. The van der Waals surface area contributed by atoms with Crippen LogP contribution in [0.15, 0.2) is 24.3 Å². The van der Waals surface area contributed by atoms with Gasteiger partial charge in [-0.3, -0.25) is 4.79 Å². The average Bonchev–Trinajstić information content (AvgIpc) is 2.96. The molecular formula is C16H22FNO2. The zero-order valence-electron chi connectivity index (χ0n) is 12.0. The number of likely N-dealkylation sites (N-methyl/N-ethyl adjacent to an activating group) is 1. The Kier molecular flexibility index (Phi) is 5.68. The van der Waals surface area contributed by atoms with Crippen LogP contribution < -0.4 is 0 Å². The van der Waals surface area contributed by atoms with E-state index in [0.29, 0.717) is 24.6 Å². The van der Waals surface area contributed by atoms with Crippen molar-refractivity contribution in [3.63, 3.8) is 0 Å². The maximum atomic E-state index is 13.1. The summed E-state index contributed by atoms with van der Waals surface area (Å²) in [5.41, 5.74) is 0.457. The fraction of sp³-hybridized carbons (Fsp3) is 0.562. The lowest BCUT2D eigenvalue weighted by Crippen LogP contribution is -2.33. The van der Waals surface area contributed by atoms with E-state index in [1.807, 2.05) is 0 Å². The Balaban J connectivity index is 1.81. The topological polar surface area (TPSA) is 29.5 Å². The molecule has 0 aliphatic carbocycles. The maximum Gasteiger partial charge on any atom is 0.164 e.